The first-order chi connectivity index (χ1) is 17.1. The lowest BCUT2D eigenvalue weighted by Gasteiger charge is -2.47. The summed E-state index contributed by atoms with van der Waals surface area (Å²) in [6.45, 7) is 1.97. The number of aldehydes is 1. The fourth-order valence-electron chi connectivity index (χ4n) is 5.98. The van der Waals surface area contributed by atoms with E-state index in [2.05, 4.69) is 5.32 Å². The van der Waals surface area contributed by atoms with Crippen molar-refractivity contribution >= 4 is 23.9 Å². The number of fused-ring (bicyclic) bond motifs is 2. The fourth-order valence-corrected chi connectivity index (χ4v) is 5.98. The molecule has 1 heterocycles. The summed E-state index contributed by atoms with van der Waals surface area (Å²) in [6.07, 6.45) is 3.23. The number of allylic oxidation sites excluding steroid dienone is 2. The molecule has 3 aromatic carbocycles. The Morgan fingerprint density at radius 3 is 2.31 bits per heavy atom. The predicted molar refractivity (Wildman–Crippen MR) is 134 cm³/mol. The van der Waals surface area contributed by atoms with Crippen LogP contribution in [-0.4, -0.2) is 24.8 Å². The van der Waals surface area contributed by atoms with E-state index in [4.69, 9.17) is 4.74 Å². The molecule has 5 heteroatoms. The van der Waals surface area contributed by atoms with Gasteiger partial charge in [0.05, 0.1) is 12.5 Å². The molecular weight excluding hydrogens is 438 g/mol. The van der Waals surface area contributed by atoms with Crippen molar-refractivity contribution in [3.05, 3.63) is 113 Å². The van der Waals surface area contributed by atoms with Gasteiger partial charge in [-0.3, -0.25) is 14.4 Å². The highest BCUT2D eigenvalue weighted by molar-refractivity contribution is 6.11. The van der Waals surface area contributed by atoms with Crippen LogP contribution in [0.2, 0.25) is 0 Å². The van der Waals surface area contributed by atoms with Crippen molar-refractivity contribution in [2.45, 2.75) is 24.7 Å². The van der Waals surface area contributed by atoms with Crippen LogP contribution in [0.5, 0.6) is 0 Å². The summed E-state index contributed by atoms with van der Waals surface area (Å²) in [5, 5.41) is 3.02. The summed E-state index contributed by atoms with van der Waals surface area (Å²) in [5.41, 5.74) is 2.40. The lowest BCUT2D eigenvalue weighted by molar-refractivity contribution is -0.156. The molecule has 1 N–H and O–H groups in total. The van der Waals surface area contributed by atoms with Crippen molar-refractivity contribution in [2.75, 3.05) is 11.9 Å². The lowest BCUT2D eigenvalue weighted by Crippen LogP contribution is -2.56. The Balaban J connectivity index is 1.81. The summed E-state index contributed by atoms with van der Waals surface area (Å²) in [4.78, 5) is 40.5. The van der Waals surface area contributed by atoms with Crippen molar-refractivity contribution < 1.29 is 19.1 Å². The lowest BCUT2D eigenvalue weighted by atomic mass is 9.52. The van der Waals surface area contributed by atoms with Gasteiger partial charge in [0.2, 0.25) is 5.91 Å². The van der Waals surface area contributed by atoms with Gasteiger partial charge in [0.15, 0.2) is 0 Å². The molecule has 5 nitrogen and oxygen atoms in total. The van der Waals surface area contributed by atoms with Gasteiger partial charge in [0.1, 0.15) is 11.7 Å². The molecule has 3 aromatic rings. The van der Waals surface area contributed by atoms with Crippen LogP contribution in [0, 0.1) is 11.8 Å². The summed E-state index contributed by atoms with van der Waals surface area (Å²) in [7, 11) is 0. The van der Waals surface area contributed by atoms with E-state index in [1.165, 1.54) is 0 Å². The third kappa shape index (κ3) is 3.68. The molecule has 35 heavy (non-hydrogen) atoms. The smallest absolute Gasteiger partial charge is 0.311 e. The first-order valence-electron chi connectivity index (χ1n) is 11.9. The largest absolute Gasteiger partial charge is 0.466 e. The van der Waals surface area contributed by atoms with Crippen LogP contribution < -0.4 is 5.32 Å². The number of amides is 1. The van der Waals surface area contributed by atoms with E-state index in [-0.39, 0.29) is 12.5 Å². The molecule has 0 saturated heterocycles. The predicted octanol–water partition coefficient (Wildman–Crippen LogP) is 4.84. The second-order valence-corrected chi connectivity index (χ2v) is 9.08. The van der Waals surface area contributed by atoms with E-state index in [1.807, 2.05) is 91.0 Å². The number of para-hydroxylation sites is 1. The number of nitrogens with one attached hydrogen (secondary N) is 1. The van der Waals surface area contributed by atoms with Gasteiger partial charge in [-0.25, -0.2) is 0 Å². The van der Waals surface area contributed by atoms with Gasteiger partial charge in [-0.15, -0.1) is 0 Å². The summed E-state index contributed by atoms with van der Waals surface area (Å²) < 4.78 is 5.62. The Morgan fingerprint density at radius 2 is 1.63 bits per heavy atom. The Labute approximate surface area is 204 Å². The van der Waals surface area contributed by atoms with E-state index in [0.29, 0.717) is 17.7 Å². The summed E-state index contributed by atoms with van der Waals surface area (Å²) >= 11 is 0. The normalized spacial score (nSPS) is 24.9. The third-order valence-electron chi connectivity index (χ3n) is 7.23. The topological polar surface area (TPSA) is 72.5 Å². The standard InChI is InChI=1S/C30H27NO4/c1-2-35-28(33)27-22(17-20-11-5-3-6-12-20)18-23(19-32)26(21-13-7-4-8-14-21)30(27)24-15-9-10-16-25(24)31-29(30)34/h3-16,18-19,22,26-27H,2,17H2,1H3,(H,31,34)/t22-,26-,27-,30-/m0/s1. The molecule has 1 aliphatic carbocycles. The molecular formula is C30H27NO4. The van der Waals surface area contributed by atoms with Crippen LogP contribution in [0.25, 0.3) is 0 Å². The van der Waals surface area contributed by atoms with E-state index in [9.17, 15) is 14.4 Å². The molecule has 0 saturated carbocycles. The van der Waals surface area contributed by atoms with Crippen molar-refractivity contribution in [2.24, 2.45) is 11.8 Å². The molecule has 5 rings (SSSR count). The van der Waals surface area contributed by atoms with Gasteiger partial charge in [-0.2, -0.15) is 0 Å². The molecule has 1 spiro atoms. The van der Waals surface area contributed by atoms with E-state index < -0.39 is 29.1 Å². The molecule has 0 bridgehead atoms. The molecule has 0 unspecified atom stereocenters. The summed E-state index contributed by atoms with van der Waals surface area (Å²) in [6, 6.07) is 26.8. The maximum atomic E-state index is 14.1. The molecule has 4 atom stereocenters. The molecule has 1 amide bonds. The minimum Gasteiger partial charge on any atom is -0.466 e. The maximum Gasteiger partial charge on any atom is 0.311 e. The fraction of sp³-hybridized carbons (Fsp3) is 0.233. The average Bonchev–Trinajstić information content (AvgIpc) is 3.16. The number of carbonyl (C=O) groups excluding carboxylic acids is 3. The number of esters is 1. The van der Waals surface area contributed by atoms with Crippen LogP contribution in [0.1, 0.15) is 29.5 Å². The van der Waals surface area contributed by atoms with Crippen LogP contribution in [0.3, 0.4) is 0 Å². The van der Waals surface area contributed by atoms with Gasteiger partial charge in [-0.1, -0.05) is 84.9 Å². The molecule has 0 radical (unpaired) electrons. The SMILES string of the molecule is CCOC(=O)[C@@H]1[C@@H](Cc2ccccc2)C=C(C=O)[C@H](c2ccccc2)[C@]12C(=O)Nc1ccccc12. The number of ether oxygens (including phenoxy) is 1. The van der Waals surface area contributed by atoms with E-state index >= 15 is 0 Å². The van der Waals surface area contributed by atoms with Gasteiger partial charge in [-0.05, 0) is 47.6 Å². The molecule has 2 aliphatic rings. The first-order valence-corrected chi connectivity index (χ1v) is 11.9. The number of benzene rings is 3. The highest BCUT2D eigenvalue weighted by atomic mass is 16.5. The van der Waals surface area contributed by atoms with E-state index in [1.54, 1.807) is 6.92 Å². The molecule has 176 valence electrons. The Morgan fingerprint density at radius 1 is 0.971 bits per heavy atom. The minimum atomic E-state index is -1.32. The van der Waals surface area contributed by atoms with Gasteiger partial charge in [0.25, 0.3) is 0 Å². The van der Waals surface area contributed by atoms with Crippen molar-refractivity contribution in [3.63, 3.8) is 0 Å². The zero-order chi connectivity index (χ0) is 24.4. The van der Waals surface area contributed by atoms with Gasteiger partial charge in [0, 0.05) is 11.6 Å². The van der Waals surface area contributed by atoms with Crippen LogP contribution >= 0.6 is 0 Å². The maximum absolute atomic E-state index is 14.1. The highest BCUT2D eigenvalue weighted by Crippen LogP contribution is 2.59. The number of hydrogen-bond donors (Lipinski definition) is 1. The molecule has 1 aliphatic heterocycles. The average molecular weight is 466 g/mol. The second-order valence-electron chi connectivity index (χ2n) is 9.08. The van der Waals surface area contributed by atoms with E-state index in [0.717, 1.165) is 23.0 Å². The number of anilines is 1. The second kappa shape index (κ2) is 9.34. The number of carbonyl (C=O) groups is 3. The van der Waals surface area contributed by atoms with Crippen molar-refractivity contribution in [3.8, 4) is 0 Å². The van der Waals surface area contributed by atoms with Crippen molar-refractivity contribution in [1.82, 2.24) is 0 Å². The van der Waals surface area contributed by atoms with Gasteiger partial charge >= 0.3 is 5.97 Å². The minimum absolute atomic E-state index is 0.201. The Kier molecular flexibility index (Phi) is 6.08. The summed E-state index contributed by atoms with van der Waals surface area (Å²) in [5.74, 6) is -2.57. The number of rotatable bonds is 6. The molecule has 0 aromatic heterocycles. The van der Waals surface area contributed by atoms with Crippen LogP contribution in [0.15, 0.2) is 96.6 Å². The van der Waals surface area contributed by atoms with Crippen LogP contribution in [-0.2, 0) is 31.0 Å². The zero-order valence-electron chi connectivity index (χ0n) is 19.5. The first kappa shape index (κ1) is 22.8. The monoisotopic (exact) mass is 465 g/mol. The quantitative estimate of drug-likeness (QED) is 0.418. The molecule has 0 fully saturated rings. The van der Waals surface area contributed by atoms with Gasteiger partial charge < -0.3 is 10.1 Å². The Bertz CT molecular complexity index is 1280. The zero-order valence-corrected chi connectivity index (χ0v) is 19.5. The third-order valence-corrected chi connectivity index (χ3v) is 7.23. The van der Waals surface area contributed by atoms with Crippen molar-refractivity contribution in [1.29, 1.82) is 0 Å². The Hall–Kier alpha value is -3.99. The highest BCUT2D eigenvalue weighted by Gasteiger charge is 2.64. The number of hydrogen-bond acceptors (Lipinski definition) is 4. The van der Waals surface area contributed by atoms with Crippen LogP contribution in [0.4, 0.5) is 5.69 Å².